The lowest BCUT2D eigenvalue weighted by Crippen LogP contribution is -2.40. The number of benzene rings is 1. The van der Waals surface area contributed by atoms with Crippen LogP contribution >= 0.6 is 0 Å². The van der Waals surface area contributed by atoms with Crippen LogP contribution in [0, 0.1) is 0 Å². The summed E-state index contributed by atoms with van der Waals surface area (Å²) in [6, 6.07) is 4.54. The lowest BCUT2D eigenvalue weighted by molar-refractivity contribution is -0.131. The summed E-state index contributed by atoms with van der Waals surface area (Å²) >= 11 is 0. The number of ether oxygens (including phenoxy) is 1. The second-order valence-corrected chi connectivity index (χ2v) is 4.22. The zero-order chi connectivity index (χ0) is 13.7. The molecule has 0 aliphatic rings. The van der Waals surface area contributed by atoms with Crippen molar-refractivity contribution in [2.45, 2.75) is 25.9 Å². The van der Waals surface area contributed by atoms with E-state index in [1.54, 1.807) is 30.1 Å². The Morgan fingerprint density at radius 2 is 2.22 bits per heavy atom. The fraction of sp³-hybridized carbons (Fsp3) is 0.462. The maximum Gasteiger partial charge on any atom is 0.239 e. The first-order chi connectivity index (χ1) is 8.49. The fourth-order valence-corrected chi connectivity index (χ4v) is 1.63. The van der Waals surface area contributed by atoms with E-state index < -0.39 is 6.04 Å². The summed E-state index contributed by atoms with van der Waals surface area (Å²) < 4.78 is 5.02. The summed E-state index contributed by atoms with van der Waals surface area (Å²) in [5.74, 6) is 0.387. The minimum atomic E-state index is -0.464. The van der Waals surface area contributed by atoms with Crippen molar-refractivity contribution in [1.29, 1.82) is 0 Å². The molecule has 100 valence electrons. The highest BCUT2D eigenvalue weighted by Gasteiger charge is 2.16. The molecule has 18 heavy (non-hydrogen) atoms. The summed E-state index contributed by atoms with van der Waals surface area (Å²) in [5, 5.41) is 9.48. The first-order valence-corrected chi connectivity index (χ1v) is 5.86. The van der Waals surface area contributed by atoms with Crippen molar-refractivity contribution in [3.63, 3.8) is 0 Å². The van der Waals surface area contributed by atoms with Gasteiger partial charge in [0.1, 0.15) is 0 Å². The molecule has 0 aliphatic carbocycles. The van der Waals surface area contributed by atoms with Crippen molar-refractivity contribution in [1.82, 2.24) is 4.90 Å². The summed E-state index contributed by atoms with van der Waals surface area (Å²) in [6.45, 7) is 2.31. The van der Waals surface area contributed by atoms with E-state index in [1.165, 1.54) is 7.11 Å². The number of hydrogen-bond acceptors (Lipinski definition) is 4. The fourth-order valence-electron chi connectivity index (χ4n) is 1.63. The number of amides is 1. The molecule has 1 amide bonds. The van der Waals surface area contributed by atoms with E-state index in [-0.39, 0.29) is 11.7 Å². The molecule has 0 fully saturated rings. The van der Waals surface area contributed by atoms with Gasteiger partial charge in [-0.3, -0.25) is 4.79 Å². The molecule has 1 rings (SSSR count). The number of hydrogen-bond donors (Lipinski definition) is 2. The molecule has 0 unspecified atom stereocenters. The van der Waals surface area contributed by atoms with E-state index in [2.05, 4.69) is 0 Å². The Balaban J connectivity index is 2.75. The Kier molecular flexibility index (Phi) is 4.97. The molecule has 1 aromatic carbocycles. The van der Waals surface area contributed by atoms with Gasteiger partial charge in [0.25, 0.3) is 0 Å². The molecule has 0 aromatic heterocycles. The van der Waals surface area contributed by atoms with E-state index in [4.69, 9.17) is 10.5 Å². The van der Waals surface area contributed by atoms with Crippen molar-refractivity contribution < 1.29 is 14.6 Å². The number of nitrogens with zero attached hydrogens (tertiary/aromatic N) is 1. The molecule has 0 spiro atoms. The first kappa shape index (κ1) is 14.3. The van der Waals surface area contributed by atoms with E-state index in [0.29, 0.717) is 18.7 Å². The van der Waals surface area contributed by atoms with E-state index in [9.17, 15) is 9.90 Å². The molecule has 0 saturated carbocycles. The third kappa shape index (κ3) is 3.37. The minimum absolute atomic E-state index is 0.0838. The van der Waals surface area contributed by atoms with Crippen molar-refractivity contribution in [3.05, 3.63) is 23.8 Å². The Morgan fingerprint density at radius 1 is 1.56 bits per heavy atom. The summed E-state index contributed by atoms with van der Waals surface area (Å²) in [6.07, 6.45) is 0.613. The van der Waals surface area contributed by atoms with Crippen LogP contribution < -0.4 is 10.5 Å². The molecule has 3 N–H and O–H groups in total. The van der Waals surface area contributed by atoms with Gasteiger partial charge in [0, 0.05) is 13.6 Å². The standard InChI is InChI=1S/C13H20N2O3/c1-4-10(14)13(17)15(2)8-9-5-6-11(16)12(7-9)18-3/h5-7,10,16H,4,8,14H2,1-3H3/t10-/m1/s1. The molecule has 5 heteroatoms. The quantitative estimate of drug-likeness (QED) is 0.822. The van der Waals surface area contributed by atoms with E-state index >= 15 is 0 Å². The second-order valence-electron chi connectivity index (χ2n) is 4.22. The number of rotatable bonds is 5. The Hall–Kier alpha value is -1.75. The van der Waals surface area contributed by atoms with Gasteiger partial charge in [-0.05, 0) is 24.1 Å². The van der Waals surface area contributed by atoms with E-state index in [0.717, 1.165) is 5.56 Å². The van der Waals surface area contributed by atoms with Crippen LogP contribution in [0.1, 0.15) is 18.9 Å². The van der Waals surface area contributed by atoms with Crippen LogP contribution in [0.2, 0.25) is 0 Å². The number of phenolic OH excluding ortho intramolecular Hbond substituents is 1. The molecule has 0 bridgehead atoms. The number of methoxy groups -OCH3 is 1. The molecule has 1 aromatic rings. The normalized spacial score (nSPS) is 12.0. The molecule has 5 nitrogen and oxygen atoms in total. The summed E-state index contributed by atoms with van der Waals surface area (Å²) in [5.41, 5.74) is 6.57. The largest absolute Gasteiger partial charge is 0.504 e. The highest BCUT2D eigenvalue weighted by atomic mass is 16.5. The molecule has 0 radical (unpaired) electrons. The Bertz CT molecular complexity index is 421. The van der Waals surface area contributed by atoms with Gasteiger partial charge in [-0.2, -0.15) is 0 Å². The van der Waals surface area contributed by atoms with Crippen LogP contribution in [0.4, 0.5) is 0 Å². The third-order valence-corrected chi connectivity index (χ3v) is 2.80. The zero-order valence-electron chi connectivity index (χ0n) is 11.0. The van der Waals surface area contributed by atoms with Crippen molar-refractivity contribution in [2.24, 2.45) is 5.73 Å². The van der Waals surface area contributed by atoms with Crippen LogP contribution in [0.5, 0.6) is 11.5 Å². The predicted molar refractivity (Wildman–Crippen MR) is 69.4 cm³/mol. The maximum atomic E-state index is 11.8. The number of carbonyl (C=O) groups excluding carboxylic acids is 1. The topological polar surface area (TPSA) is 75.8 Å². The third-order valence-electron chi connectivity index (χ3n) is 2.80. The monoisotopic (exact) mass is 252 g/mol. The van der Waals surface area contributed by atoms with Crippen molar-refractivity contribution >= 4 is 5.91 Å². The smallest absolute Gasteiger partial charge is 0.239 e. The molecular weight excluding hydrogens is 232 g/mol. The van der Waals surface area contributed by atoms with E-state index in [1.807, 2.05) is 6.92 Å². The van der Waals surface area contributed by atoms with Crippen LogP contribution in [0.25, 0.3) is 0 Å². The van der Waals surface area contributed by atoms with Gasteiger partial charge in [0.2, 0.25) is 5.91 Å². The van der Waals surface area contributed by atoms with Crippen LogP contribution in [0.3, 0.4) is 0 Å². The van der Waals surface area contributed by atoms with Gasteiger partial charge in [-0.25, -0.2) is 0 Å². The van der Waals surface area contributed by atoms with Crippen LogP contribution in [0.15, 0.2) is 18.2 Å². The number of nitrogens with two attached hydrogens (primary N) is 1. The average Bonchev–Trinajstić information content (AvgIpc) is 2.38. The lowest BCUT2D eigenvalue weighted by Gasteiger charge is -2.21. The van der Waals surface area contributed by atoms with Crippen molar-refractivity contribution in [3.8, 4) is 11.5 Å². The van der Waals surface area contributed by atoms with Crippen LogP contribution in [-0.2, 0) is 11.3 Å². The highest BCUT2D eigenvalue weighted by Crippen LogP contribution is 2.26. The molecule has 0 aliphatic heterocycles. The van der Waals surface area contributed by atoms with Gasteiger partial charge in [-0.1, -0.05) is 13.0 Å². The van der Waals surface area contributed by atoms with Gasteiger partial charge < -0.3 is 20.5 Å². The SMILES string of the molecule is CC[C@@H](N)C(=O)N(C)Cc1ccc(O)c(OC)c1. The minimum Gasteiger partial charge on any atom is -0.504 e. The number of aromatic hydroxyl groups is 1. The molecule has 1 atom stereocenters. The van der Waals surface area contributed by atoms with Gasteiger partial charge in [0.15, 0.2) is 11.5 Å². The molecule has 0 heterocycles. The number of phenols is 1. The predicted octanol–water partition coefficient (Wildman–Crippen LogP) is 1.10. The summed E-state index contributed by atoms with van der Waals surface area (Å²) in [7, 11) is 3.19. The maximum absolute atomic E-state index is 11.8. The highest BCUT2D eigenvalue weighted by molar-refractivity contribution is 5.81. The zero-order valence-corrected chi connectivity index (χ0v) is 11.0. The second kappa shape index (κ2) is 6.26. The van der Waals surface area contributed by atoms with Gasteiger partial charge in [-0.15, -0.1) is 0 Å². The van der Waals surface area contributed by atoms with Gasteiger partial charge in [0.05, 0.1) is 13.2 Å². The van der Waals surface area contributed by atoms with Gasteiger partial charge >= 0.3 is 0 Å². The summed E-state index contributed by atoms with van der Waals surface area (Å²) in [4.78, 5) is 13.4. The number of likely N-dealkylation sites (N-methyl/N-ethyl adjacent to an activating group) is 1. The average molecular weight is 252 g/mol. The molecular formula is C13H20N2O3. The first-order valence-electron chi connectivity index (χ1n) is 5.86. The lowest BCUT2D eigenvalue weighted by atomic mass is 10.1. The Morgan fingerprint density at radius 3 is 2.78 bits per heavy atom. The Labute approximate surface area is 107 Å². The van der Waals surface area contributed by atoms with Crippen LogP contribution in [-0.4, -0.2) is 36.1 Å². The molecule has 0 saturated heterocycles. The van der Waals surface area contributed by atoms with Crippen molar-refractivity contribution in [2.75, 3.05) is 14.2 Å². The number of carbonyl (C=O) groups is 1.